The molecule has 7 heteroatoms. The maximum atomic E-state index is 12.5. The molecule has 4 nitrogen and oxygen atoms in total. The Balaban J connectivity index is 0.00000144. The van der Waals surface area contributed by atoms with Gasteiger partial charge in [-0.25, -0.2) is 4.98 Å². The molecule has 1 aliphatic rings. The molecule has 2 aromatic rings. The normalized spacial score (nSPS) is 16.9. The molecule has 24 heavy (non-hydrogen) atoms. The Labute approximate surface area is 159 Å². The lowest BCUT2D eigenvalue weighted by atomic mass is 10.1. The van der Waals surface area contributed by atoms with Crippen molar-refractivity contribution in [3.63, 3.8) is 0 Å². The third kappa shape index (κ3) is 5.18. The van der Waals surface area contributed by atoms with Gasteiger partial charge in [0.15, 0.2) is 0 Å². The van der Waals surface area contributed by atoms with Gasteiger partial charge in [0.1, 0.15) is 5.69 Å². The van der Waals surface area contributed by atoms with Crippen LogP contribution >= 0.6 is 36.2 Å². The lowest BCUT2D eigenvalue weighted by Gasteiger charge is -2.33. The highest BCUT2D eigenvalue weighted by Gasteiger charge is 2.25. The van der Waals surface area contributed by atoms with Crippen LogP contribution in [0.15, 0.2) is 35.7 Å². The van der Waals surface area contributed by atoms with E-state index in [4.69, 9.17) is 0 Å². The second-order valence-corrected chi connectivity index (χ2v) is 6.61. The summed E-state index contributed by atoms with van der Waals surface area (Å²) in [6.45, 7) is 4.56. The number of benzene rings is 1. The second-order valence-electron chi connectivity index (χ2n) is 5.66. The molecular formula is C17H23Cl2N3OS. The number of carbonyl (C=O) groups excluding carboxylic acids is 1. The van der Waals surface area contributed by atoms with Crippen molar-refractivity contribution in [1.82, 2.24) is 15.2 Å². The van der Waals surface area contributed by atoms with Gasteiger partial charge >= 0.3 is 0 Å². The third-order valence-corrected chi connectivity index (χ3v) is 4.91. The highest BCUT2D eigenvalue weighted by atomic mass is 35.5. The molecule has 1 N–H and O–H groups in total. The summed E-state index contributed by atoms with van der Waals surface area (Å²) in [7, 11) is 0. The smallest absolute Gasteiger partial charge is 0.273 e. The average Bonchev–Trinajstić information content (AvgIpc) is 3.03. The Morgan fingerprint density at radius 3 is 2.75 bits per heavy atom. The second kappa shape index (κ2) is 9.99. The van der Waals surface area contributed by atoms with E-state index in [1.807, 2.05) is 16.3 Å². The maximum absolute atomic E-state index is 12.5. The van der Waals surface area contributed by atoms with E-state index < -0.39 is 0 Å². The van der Waals surface area contributed by atoms with Gasteiger partial charge in [0, 0.05) is 37.5 Å². The molecule has 1 fully saturated rings. The number of hydrogen-bond acceptors (Lipinski definition) is 4. The van der Waals surface area contributed by atoms with Crippen molar-refractivity contribution in [2.45, 2.75) is 25.8 Å². The molecule has 1 amide bonds. The van der Waals surface area contributed by atoms with Gasteiger partial charge in [0.05, 0.1) is 5.01 Å². The predicted octanol–water partition coefficient (Wildman–Crippen LogP) is 3.21. The van der Waals surface area contributed by atoms with Crippen LogP contribution in [-0.2, 0) is 12.8 Å². The minimum Gasteiger partial charge on any atom is -0.332 e. The zero-order valence-corrected chi connectivity index (χ0v) is 16.1. The Kier molecular flexibility index (Phi) is 8.70. The summed E-state index contributed by atoms with van der Waals surface area (Å²) in [6.07, 6.45) is 1.85. The highest BCUT2D eigenvalue weighted by Crippen LogP contribution is 2.16. The number of amides is 1. The van der Waals surface area contributed by atoms with E-state index in [2.05, 4.69) is 41.5 Å². The van der Waals surface area contributed by atoms with E-state index in [1.54, 1.807) is 11.3 Å². The average molecular weight is 388 g/mol. The number of thiazole rings is 1. The number of piperazine rings is 1. The minimum absolute atomic E-state index is 0. The maximum Gasteiger partial charge on any atom is 0.273 e. The Bertz CT molecular complexity index is 636. The predicted molar refractivity (Wildman–Crippen MR) is 104 cm³/mol. The van der Waals surface area contributed by atoms with Crippen molar-refractivity contribution in [1.29, 1.82) is 0 Å². The molecule has 1 aliphatic heterocycles. The summed E-state index contributed by atoms with van der Waals surface area (Å²) in [5.41, 5.74) is 1.91. The van der Waals surface area contributed by atoms with Crippen molar-refractivity contribution >= 4 is 42.1 Å². The van der Waals surface area contributed by atoms with Gasteiger partial charge in [-0.15, -0.1) is 36.2 Å². The highest BCUT2D eigenvalue weighted by molar-refractivity contribution is 7.09. The zero-order chi connectivity index (χ0) is 15.4. The fraction of sp³-hybridized carbons (Fsp3) is 0.412. The molecule has 2 heterocycles. The van der Waals surface area contributed by atoms with Crippen molar-refractivity contribution in [3.8, 4) is 0 Å². The monoisotopic (exact) mass is 387 g/mol. The summed E-state index contributed by atoms with van der Waals surface area (Å²) in [5.74, 6) is 0.0659. The largest absolute Gasteiger partial charge is 0.332 e. The van der Waals surface area contributed by atoms with E-state index in [0.29, 0.717) is 5.69 Å². The fourth-order valence-corrected chi connectivity index (χ4v) is 3.48. The molecule has 0 aliphatic carbocycles. The molecule has 0 saturated carbocycles. The molecule has 3 rings (SSSR count). The summed E-state index contributed by atoms with van der Waals surface area (Å²) in [5, 5.41) is 6.24. The van der Waals surface area contributed by atoms with Crippen LogP contribution in [0.3, 0.4) is 0 Å². The molecule has 0 unspecified atom stereocenters. The first-order valence-electron chi connectivity index (χ1n) is 7.74. The van der Waals surface area contributed by atoms with Crippen molar-refractivity contribution in [2.75, 3.05) is 19.6 Å². The molecule has 1 saturated heterocycles. The lowest BCUT2D eigenvalue weighted by molar-refractivity contribution is 0.0650. The molecule has 1 aromatic heterocycles. The topological polar surface area (TPSA) is 45.2 Å². The Hall–Kier alpha value is -1.14. The van der Waals surface area contributed by atoms with Crippen molar-refractivity contribution < 1.29 is 4.79 Å². The van der Waals surface area contributed by atoms with Gasteiger partial charge in [-0.3, -0.25) is 4.79 Å². The van der Waals surface area contributed by atoms with Gasteiger partial charge in [-0.1, -0.05) is 30.3 Å². The van der Waals surface area contributed by atoms with Crippen LogP contribution in [0.1, 0.15) is 28.0 Å². The zero-order valence-electron chi connectivity index (χ0n) is 13.6. The first-order chi connectivity index (χ1) is 10.7. The van der Waals surface area contributed by atoms with Gasteiger partial charge in [0.2, 0.25) is 0 Å². The first kappa shape index (κ1) is 20.9. The van der Waals surface area contributed by atoms with E-state index in [9.17, 15) is 4.79 Å². The summed E-state index contributed by atoms with van der Waals surface area (Å²) in [4.78, 5) is 19.0. The molecule has 0 bridgehead atoms. The number of aryl methyl sites for hydroxylation is 2. The van der Waals surface area contributed by atoms with Crippen LogP contribution < -0.4 is 5.32 Å². The van der Waals surface area contributed by atoms with E-state index >= 15 is 0 Å². The number of nitrogens with zero attached hydrogens (tertiary/aromatic N) is 2. The molecule has 1 atom stereocenters. The van der Waals surface area contributed by atoms with Crippen LogP contribution in [0.5, 0.6) is 0 Å². The fourth-order valence-electron chi connectivity index (χ4n) is 2.71. The van der Waals surface area contributed by atoms with Crippen LogP contribution in [0, 0.1) is 0 Å². The third-order valence-electron chi connectivity index (χ3n) is 4.00. The Morgan fingerprint density at radius 1 is 1.29 bits per heavy atom. The van der Waals surface area contributed by atoms with Crippen LogP contribution in [-0.4, -0.2) is 41.5 Å². The first-order valence-corrected chi connectivity index (χ1v) is 8.62. The van der Waals surface area contributed by atoms with Crippen molar-refractivity contribution in [3.05, 3.63) is 52.0 Å². The number of nitrogens with one attached hydrogen (secondary N) is 1. The quantitative estimate of drug-likeness (QED) is 0.875. The summed E-state index contributed by atoms with van der Waals surface area (Å²) >= 11 is 1.59. The minimum atomic E-state index is 0. The number of halogens is 2. The molecule has 0 radical (unpaired) electrons. The van der Waals surface area contributed by atoms with Gasteiger partial charge in [0.25, 0.3) is 5.91 Å². The molecule has 132 valence electrons. The lowest BCUT2D eigenvalue weighted by Crippen LogP contribution is -2.52. The number of aromatic nitrogens is 1. The SMILES string of the molecule is C[C@@H]1CNCCN1C(=O)c1csc(CCc2ccccc2)n1.Cl.Cl. The van der Waals surface area contributed by atoms with Crippen LogP contribution in [0.4, 0.5) is 0 Å². The Morgan fingerprint density at radius 2 is 2.04 bits per heavy atom. The number of carbonyl (C=O) groups is 1. The van der Waals surface area contributed by atoms with Gasteiger partial charge in [-0.2, -0.15) is 0 Å². The van der Waals surface area contributed by atoms with Crippen LogP contribution in [0.2, 0.25) is 0 Å². The number of rotatable bonds is 4. The van der Waals surface area contributed by atoms with E-state index in [-0.39, 0.29) is 36.8 Å². The molecule has 0 spiro atoms. The van der Waals surface area contributed by atoms with E-state index in [0.717, 1.165) is 37.5 Å². The molecule has 1 aromatic carbocycles. The molecular weight excluding hydrogens is 365 g/mol. The summed E-state index contributed by atoms with van der Waals surface area (Å²) < 4.78 is 0. The number of hydrogen-bond donors (Lipinski definition) is 1. The van der Waals surface area contributed by atoms with Crippen molar-refractivity contribution in [2.24, 2.45) is 0 Å². The summed E-state index contributed by atoms with van der Waals surface area (Å²) in [6, 6.07) is 10.6. The van der Waals surface area contributed by atoms with Crippen LogP contribution in [0.25, 0.3) is 0 Å². The standard InChI is InChI=1S/C17H21N3OS.2ClH/c1-13-11-18-9-10-20(13)17(21)15-12-22-16(19-15)8-7-14-5-3-2-4-6-14;;/h2-6,12-13,18H,7-11H2,1H3;2*1H/t13-;;/m1../s1. The van der Waals surface area contributed by atoms with E-state index in [1.165, 1.54) is 5.56 Å². The van der Waals surface area contributed by atoms with Gasteiger partial charge < -0.3 is 10.2 Å². The van der Waals surface area contributed by atoms with Gasteiger partial charge in [-0.05, 0) is 18.9 Å².